The van der Waals surface area contributed by atoms with Crippen LogP contribution in [0.1, 0.15) is 92.4 Å². The van der Waals surface area contributed by atoms with Crippen molar-refractivity contribution in [2.75, 3.05) is 19.8 Å². The van der Waals surface area contributed by atoms with Gasteiger partial charge in [0.1, 0.15) is 54.9 Å². The second kappa shape index (κ2) is 15.7. The molecule has 0 aromatic carbocycles. The lowest BCUT2D eigenvalue weighted by Crippen LogP contribution is -2.64. The summed E-state index contributed by atoms with van der Waals surface area (Å²) in [5, 5.41) is 74.2. The van der Waals surface area contributed by atoms with E-state index < -0.39 is 85.7 Å². The average Bonchev–Trinajstić information content (AvgIpc) is 3.65. The first-order valence-electron chi connectivity index (χ1n) is 22.2. The molecule has 330 valence electrons. The lowest BCUT2D eigenvalue weighted by atomic mass is 9.47. The summed E-state index contributed by atoms with van der Waals surface area (Å²) in [5.74, 6) is 2.89. The van der Waals surface area contributed by atoms with Gasteiger partial charge in [-0.25, -0.2) is 0 Å². The Morgan fingerprint density at radius 2 is 1.40 bits per heavy atom. The summed E-state index contributed by atoms with van der Waals surface area (Å²) in [6.07, 6.45) is -6.09. The van der Waals surface area contributed by atoms with Crippen molar-refractivity contribution in [2.45, 2.75) is 190 Å². The highest BCUT2D eigenvalue weighted by atomic mass is 16.8. The SMILES string of the molecule is C[C@@H]1CC[C@@]2(OC1)O[C@H]1C[C@H]3[C@@H]4CC=C5C[C@@H](O[C@@H]6OC[C@H](O)[C@H](O)[C@H]6O[C@@H]6O[C@@H](C)[C@H](O[C@@H]7OC[C@@H](O)[C@H](O)[C@H]7O)[C@@H](O)[C@H]6O)CC[C@]5(C)[C@H]4CC[C@]3(C)[C@H]1[C@@H]2C. The number of rotatable bonds is 6. The van der Waals surface area contributed by atoms with Gasteiger partial charge >= 0.3 is 0 Å². The molecule has 9 aliphatic rings. The lowest BCUT2D eigenvalue weighted by molar-refractivity contribution is -0.373. The summed E-state index contributed by atoms with van der Waals surface area (Å²) in [7, 11) is 0. The molecule has 0 unspecified atom stereocenters. The Kier molecular flexibility index (Phi) is 11.5. The van der Waals surface area contributed by atoms with Gasteiger partial charge in [-0.1, -0.05) is 39.3 Å². The number of aliphatic hydroxyl groups is 7. The van der Waals surface area contributed by atoms with Crippen LogP contribution in [0.5, 0.6) is 0 Å². The summed E-state index contributed by atoms with van der Waals surface area (Å²) in [6.45, 7) is 11.6. The number of aliphatic hydroxyl groups excluding tert-OH is 7. The van der Waals surface area contributed by atoms with Gasteiger partial charge in [0, 0.05) is 12.3 Å². The van der Waals surface area contributed by atoms with Crippen LogP contribution in [0.25, 0.3) is 0 Å². The maximum Gasteiger partial charge on any atom is 0.187 e. The molecule has 15 nitrogen and oxygen atoms in total. The fraction of sp³-hybridized carbons (Fsp3) is 0.953. The first-order valence-corrected chi connectivity index (χ1v) is 22.2. The van der Waals surface area contributed by atoms with Crippen LogP contribution in [0, 0.1) is 46.3 Å². The fourth-order valence-electron chi connectivity index (χ4n) is 13.5. The van der Waals surface area contributed by atoms with Crippen LogP contribution in [-0.4, -0.2) is 153 Å². The molecule has 8 fully saturated rings. The Hall–Kier alpha value is -0.860. The van der Waals surface area contributed by atoms with Crippen molar-refractivity contribution in [3.05, 3.63) is 11.6 Å². The molecule has 5 saturated heterocycles. The Labute approximate surface area is 341 Å². The minimum Gasteiger partial charge on any atom is -0.388 e. The summed E-state index contributed by atoms with van der Waals surface area (Å²) in [5.41, 5.74) is 1.70. The molecule has 5 heterocycles. The Morgan fingerprint density at radius 1 is 0.690 bits per heavy atom. The maximum absolute atomic E-state index is 11.2. The Bertz CT molecular complexity index is 1510. The van der Waals surface area contributed by atoms with E-state index >= 15 is 0 Å². The van der Waals surface area contributed by atoms with Crippen molar-refractivity contribution < 1.29 is 73.6 Å². The molecule has 0 aromatic rings. The van der Waals surface area contributed by atoms with Crippen LogP contribution in [0.3, 0.4) is 0 Å². The van der Waals surface area contributed by atoms with E-state index in [0.29, 0.717) is 41.9 Å². The van der Waals surface area contributed by atoms with E-state index in [4.69, 9.17) is 37.9 Å². The largest absolute Gasteiger partial charge is 0.388 e. The number of hydrogen-bond donors (Lipinski definition) is 7. The van der Waals surface area contributed by atoms with Crippen LogP contribution in [0.15, 0.2) is 11.6 Å². The molecule has 7 N–H and O–H groups in total. The fourth-order valence-corrected chi connectivity index (χ4v) is 13.5. The summed E-state index contributed by atoms with van der Waals surface area (Å²) in [4.78, 5) is 0. The molecule has 0 radical (unpaired) electrons. The van der Waals surface area contributed by atoms with Crippen LogP contribution in [0.4, 0.5) is 0 Å². The first-order chi connectivity index (χ1) is 27.5. The molecule has 0 bridgehead atoms. The van der Waals surface area contributed by atoms with E-state index in [2.05, 4.69) is 33.8 Å². The zero-order chi connectivity index (χ0) is 41.1. The minimum atomic E-state index is -1.68. The molecular formula is C43H68O15. The minimum absolute atomic E-state index is 0.0543. The molecule has 1 spiro atoms. The molecule has 9 rings (SSSR count). The highest BCUT2D eigenvalue weighted by Gasteiger charge is 2.69. The maximum atomic E-state index is 11.2. The number of fused-ring (bicyclic) bond motifs is 7. The molecular weight excluding hydrogens is 756 g/mol. The number of hydrogen-bond acceptors (Lipinski definition) is 15. The predicted octanol–water partition coefficient (Wildman–Crippen LogP) is 1.49. The summed E-state index contributed by atoms with van der Waals surface area (Å²) in [6, 6.07) is 0. The Morgan fingerprint density at radius 3 is 2.14 bits per heavy atom. The number of allylic oxidation sites excluding steroid dienone is 1. The van der Waals surface area contributed by atoms with Crippen molar-refractivity contribution in [3.8, 4) is 0 Å². The van der Waals surface area contributed by atoms with Crippen molar-refractivity contribution in [3.63, 3.8) is 0 Å². The third-order valence-electron chi connectivity index (χ3n) is 16.9. The molecule has 24 atom stereocenters. The van der Waals surface area contributed by atoms with E-state index in [1.807, 2.05) is 0 Å². The van der Waals surface area contributed by atoms with Crippen LogP contribution >= 0.6 is 0 Å². The quantitative estimate of drug-likeness (QED) is 0.189. The van der Waals surface area contributed by atoms with Crippen LogP contribution in [-0.2, 0) is 37.9 Å². The van der Waals surface area contributed by atoms with Crippen molar-refractivity contribution in [2.24, 2.45) is 46.3 Å². The van der Waals surface area contributed by atoms with Crippen LogP contribution < -0.4 is 0 Å². The third-order valence-corrected chi connectivity index (χ3v) is 16.9. The standard InChI is InChI=1S/C43H68O15/c1-19-8-13-43(53-16-19)20(2)30-29(58-43)15-26-24-7-6-22-14-23(9-11-41(22,4)25(24)10-12-42(26,30)5)55-40-37(32(47)28(45)18-52-40)57-39-35(50)33(48)36(21(3)54-39)56-38-34(49)31(46)27(44)17-51-38/h6,19-21,23-40,44-50H,7-18H2,1-5H3/t19-,20+,21+,23+,24-,25+,26+,27-,28+,29+,30+,31+,32+,33+,34-,35-,36+,37-,38+,39+,40+,41+,42+,43-/m1/s1. The molecule has 3 saturated carbocycles. The van der Waals surface area contributed by atoms with Gasteiger partial charge in [-0.15, -0.1) is 0 Å². The van der Waals surface area contributed by atoms with Gasteiger partial charge < -0.3 is 73.6 Å². The molecule has 5 aliphatic heterocycles. The second-order valence-corrected chi connectivity index (χ2v) is 20.2. The van der Waals surface area contributed by atoms with Crippen LogP contribution in [0.2, 0.25) is 0 Å². The Balaban J connectivity index is 0.842. The zero-order valence-electron chi connectivity index (χ0n) is 34.6. The monoisotopic (exact) mass is 824 g/mol. The lowest BCUT2D eigenvalue weighted by Gasteiger charge is -2.58. The molecule has 58 heavy (non-hydrogen) atoms. The van der Waals surface area contributed by atoms with Crippen molar-refractivity contribution >= 4 is 0 Å². The molecule has 4 aliphatic carbocycles. The van der Waals surface area contributed by atoms with Gasteiger partial charge in [-0.2, -0.15) is 0 Å². The third kappa shape index (κ3) is 6.89. The van der Waals surface area contributed by atoms with E-state index in [9.17, 15) is 35.7 Å². The van der Waals surface area contributed by atoms with Gasteiger partial charge in [-0.3, -0.25) is 0 Å². The molecule has 0 amide bonds. The van der Waals surface area contributed by atoms with Gasteiger partial charge in [-0.05, 0) is 98.7 Å². The number of ether oxygens (including phenoxy) is 8. The normalized spacial score (nSPS) is 58.2. The predicted molar refractivity (Wildman–Crippen MR) is 202 cm³/mol. The zero-order valence-corrected chi connectivity index (χ0v) is 34.6. The van der Waals surface area contributed by atoms with Gasteiger partial charge in [0.25, 0.3) is 0 Å². The van der Waals surface area contributed by atoms with Gasteiger partial charge in [0.05, 0.1) is 38.1 Å². The van der Waals surface area contributed by atoms with E-state index in [1.165, 1.54) is 18.4 Å². The average molecular weight is 825 g/mol. The second-order valence-electron chi connectivity index (χ2n) is 20.2. The smallest absolute Gasteiger partial charge is 0.187 e. The summed E-state index contributed by atoms with van der Waals surface area (Å²) >= 11 is 0. The highest BCUT2D eigenvalue weighted by Crippen LogP contribution is 2.70. The van der Waals surface area contributed by atoms with Gasteiger partial charge in [0.2, 0.25) is 0 Å². The van der Waals surface area contributed by atoms with E-state index in [0.717, 1.165) is 45.1 Å². The first kappa shape index (κ1) is 42.4. The van der Waals surface area contributed by atoms with Crippen molar-refractivity contribution in [1.29, 1.82) is 0 Å². The molecule has 0 aromatic heterocycles. The van der Waals surface area contributed by atoms with Gasteiger partial charge in [0.15, 0.2) is 24.7 Å². The van der Waals surface area contributed by atoms with E-state index in [1.54, 1.807) is 6.92 Å². The molecule has 15 heteroatoms. The highest BCUT2D eigenvalue weighted by molar-refractivity contribution is 5.26. The van der Waals surface area contributed by atoms with E-state index in [-0.39, 0.29) is 36.3 Å². The summed E-state index contributed by atoms with van der Waals surface area (Å²) < 4.78 is 49.1. The van der Waals surface area contributed by atoms with Crippen molar-refractivity contribution in [1.82, 2.24) is 0 Å². The topological polar surface area (TPSA) is 215 Å².